The quantitative estimate of drug-likeness (QED) is 0.152. The molecule has 0 radical (unpaired) electrons. The summed E-state index contributed by atoms with van der Waals surface area (Å²) in [6.45, 7) is 0.965. The summed E-state index contributed by atoms with van der Waals surface area (Å²) in [6, 6.07) is 25.7. The van der Waals surface area contributed by atoms with Crippen molar-refractivity contribution in [3.63, 3.8) is 0 Å². The van der Waals surface area contributed by atoms with Gasteiger partial charge in [-0.2, -0.15) is 0 Å². The Morgan fingerprint density at radius 1 is 1.04 bits per heavy atom. The normalized spacial score (nSPS) is 18.0. The van der Waals surface area contributed by atoms with E-state index >= 15 is 0 Å². The molecule has 0 spiro atoms. The number of hydrogen-bond donors (Lipinski definition) is 2. The van der Waals surface area contributed by atoms with Crippen LogP contribution in [0.2, 0.25) is 0 Å². The van der Waals surface area contributed by atoms with Gasteiger partial charge in [-0.25, -0.2) is 4.79 Å². The predicted octanol–water partition coefficient (Wildman–Crippen LogP) is 5.75. The first-order valence-electron chi connectivity index (χ1n) is 14.9. The monoisotopic (exact) mass is 630 g/mol. The molecule has 11 heteroatoms. The summed E-state index contributed by atoms with van der Waals surface area (Å²) >= 11 is 0. The zero-order valence-corrected chi connectivity index (χ0v) is 24.8. The van der Waals surface area contributed by atoms with E-state index in [-0.39, 0.29) is 36.8 Å². The van der Waals surface area contributed by atoms with Crippen molar-refractivity contribution in [3.05, 3.63) is 131 Å². The van der Waals surface area contributed by atoms with Crippen molar-refractivity contribution in [2.75, 3.05) is 13.1 Å². The van der Waals surface area contributed by atoms with Crippen LogP contribution in [0.4, 0.5) is 13.2 Å². The second-order valence-corrected chi connectivity index (χ2v) is 11.1. The molecule has 8 nitrogen and oxygen atoms in total. The zero-order chi connectivity index (χ0) is 32.5. The number of nitrogens with zero attached hydrogens (tertiary/aromatic N) is 3. The number of amides is 1. The lowest BCUT2D eigenvalue weighted by Crippen LogP contribution is -2.49. The fourth-order valence-corrected chi connectivity index (χ4v) is 6.29. The molecular weight excluding hydrogens is 597 g/mol. The Morgan fingerprint density at radius 3 is 2.54 bits per heavy atom. The van der Waals surface area contributed by atoms with E-state index < -0.39 is 18.4 Å². The van der Waals surface area contributed by atoms with Crippen molar-refractivity contribution in [2.45, 2.75) is 49.9 Å². The van der Waals surface area contributed by atoms with E-state index in [2.05, 4.69) is 24.9 Å². The third kappa shape index (κ3) is 8.32. The summed E-state index contributed by atoms with van der Waals surface area (Å²) in [5.41, 5.74) is 3.57. The van der Waals surface area contributed by atoms with E-state index in [0.29, 0.717) is 30.5 Å². The molecule has 1 fully saturated rings. The molecule has 238 valence electrons. The van der Waals surface area contributed by atoms with Crippen molar-refractivity contribution in [1.82, 2.24) is 15.2 Å². The molecule has 2 unspecified atom stereocenters. The molecule has 2 heterocycles. The Balaban J connectivity index is 1.43. The number of hydrogen-bond acceptors (Lipinski definition) is 7. The maximum absolute atomic E-state index is 12.8. The number of carbonyl (C=O) groups is 1. The molecule has 3 aromatic carbocycles. The van der Waals surface area contributed by atoms with Crippen LogP contribution in [0.1, 0.15) is 51.0 Å². The number of ether oxygens (including phenoxy) is 1. The molecule has 0 bridgehead atoms. The molecule has 1 aromatic heterocycles. The van der Waals surface area contributed by atoms with Crippen LogP contribution in [0.15, 0.2) is 108 Å². The minimum atomic E-state index is -4.79. The SMILES string of the molecule is O=C=NC(=O)c1ccccc1C1CCN([C@@H](Cc2ccccc2)[C@H](O)CNCc2cccc(OC(F)(F)F)c2)C1c1cccnc1. The molecule has 2 N–H and O–H groups in total. The van der Waals surface area contributed by atoms with Gasteiger partial charge in [-0.1, -0.05) is 66.7 Å². The van der Waals surface area contributed by atoms with Crippen LogP contribution in [-0.4, -0.2) is 58.6 Å². The molecule has 0 saturated carbocycles. The topological polar surface area (TPSA) is 104 Å². The summed E-state index contributed by atoms with van der Waals surface area (Å²) in [5.74, 6) is -1.15. The molecule has 4 atom stereocenters. The van der Waals surface area contributed by atoms with Crippen LogP contribution < -0.4 is 10.1 Å². The highest BCUT2D eigenvalue weighted by atomic mass is 19.4. The minimum absolute atomic E-state index is 0.159. The van der Waals surface area contributed by atoms with Crippen molar-refractivity contribution < 1.29 is 32.6 Å². The van der Waals surface area contributed by atoms with Gasteiger partial charge in [0, 0.05) is 49.0 Å². The van der Waals surface area contributed by atoms with E-state index in [1.807, 2.05) is 54.6 Å². The van der Waals surface area contributed by atoms with Crippen LogP contribution >= 0.6 is 0 Å². The minimum Gasteiger partial charge on any atom is -0.406 e. The van der Waals surface area contributed by atoms with Gasteiger partial charge in [-0.15, -0.1) is 18.2 Å². The Labute approximate surface area is 264 Å². The fourth-order valence-electron chi connectivity index (χ4n) is 6.29. The number of aliphatic hydroxyl groups excluding tert-OH is 1. The summed E-state index contributed by atoms with van der Waals surface area (Å²) in [4.78, 5) is 33.7. The number of pyridine rings is 1. The number of benzene rings is 3. The first kappa shape index (κ1) is 32.7. The lowest BCUT2D eigenvalue weighted by Gasteiger charge is -2.38. The number of carbonyl (C=O) groups excluding carboxylic acids is 2. The van der Waals surface area contributed by atoms with Gasteiger partial charge in [0.15, 0.2) is 0 Å². The summed E-state index contributed by atoms with van der Waals surface area (Å²) in [6.07, 6.45) is 0.309. The van der Waals surface area contributed by atoms with E-state index in [1.165, 1.54) is 24.3 Å². The van der Waals surface area contributed by atoms with Crippen molar-refractivity contribution in [1.29, 1.82) is 0 Å². The lowest BCUT2D eigenvalue weighted by molar-refractivity contribution is -0.274. The van der Waals surface area contributed by atoms with Crippen LogP contribution in [0.3, 0.4) is 0 Å². The summed E-state index contributed by atoms with van der Waals surface area (Å²) < 4.78 is 42.2. The smallest absolute Gasteiger partial charge is 0.406 e. The number of halogens is 3. The second-order valence-electron chi connectivity index (χ2n) is 11.1. The van der Waals surface area contributed by atoms with Crippen molar-refractivity contribution in [2.24, 2.45) is 4.99 Å². The number of likely N-dealkylation sites (tertiary alicyclic amines) is 1. The van der Waals surface area contributed by atoms with E-state index in [9.17, 15) is 27.9 Å². The van der Waals surface area contributed by atoms with Gasteiger partial charge >= 0.3 is 6.36 Å². The highest BCUT2D eigenvalue weighted by molar-refractivity contribution is 5.98. The largest absolute Gasteiger partial charge is 0.573 e. The number of rotatable bonds is 12. The molecule has 1 amide bonds. The number of nitrogens with one attached hydrogen (secondary N) is 1. The van der Waals surface area contributed by atoms with Gasteiger partial charge in [0.05, 0.1) is 6.10 Å². The maximum atomic E-state index is 12.8. The third-order valence-corrected chi connectivity index (χ3v) is 8.17. The second kappa shape index (κ2) is 15.1. The summed E-state index contributed by atoms with van der Waals surface area (Å²) in [5, 5.41) is 14.9. The van der Waals surface area contributed by atoms with Crippen molar-refractivity contribution >= 4 is 12.0 Å². The van der Waals surface area contributed by atoms with E-state index in [1.54, 1.807) is 30.6 Å². The zero-order valence-electron chi connectivity index (χ0n) is 24.8. The lowest BCUT2D eigenvalue weighted by atomic mass is 9.84. The van der Waals surface area contributed by atoms with Gasteiger partial charge < -0.3 is 15.2 Å². The van der Waals surface area contributed by atoms with Gasteiger partial charge in [-0.3, -0.25) is 14.7 Å². The van der Waals surface area contributed by atoms with Crippen molar-refractivity contribution in [3.8, 4) is 5.75 Å². The molecule has 1 saturated heterocycles. The van der Waals surface area contributed by atoms with E-state index in [0.717, 1.165) is 16.7 Å². The Hall–Kier alpha value is -4.67. The maximum Gasteiger partial charge on any atom is 0.573 e. The van der Waals surface area contributed by atoms with Crippen LogP contribution in [-0.2, 0) is 17.8 Å². The van der Waals surface area contributed by atoms with Gasteiger partial charge in [-0.05, 0) is 65.9 Å². The number of aliphatic imine (C=N–C) groups is 1. The van der Waals surface area contributed by atoms with E-state index in [4.69, 9.17) is 0 Å². The van der Waals surface area contributed by atoms with Crippen LogP contribution in [0.25, 0.3) is 0 Å². The van der Waals surface area contributed by atoms with Gasteiger partial charge in [0.2, 0.25) is 6.08 Å². The molecular formula is C35H33F3N4O4. The fraction of sp³-hybridized carbons (Fsp3) is 0.286. The number of aromatic nitrogens is 1. The first-order chi connectivity index (χ1) is 22.2. The molecule has 0 aliphatic carbocycles. The average Bonchev–Trinajstić information content (AvgIpc) is 3.49. The molecule has 1 aliphatic heterocycles. The predicted molar refractivity (Wildman–Crippen MR) is 165 cm³/mol. The highest BCUT2D eigenvalue weighted by Crippen LogP contribution is 2.46. The Kier molecular flexibility index (Phi) is 10.7. The Bertz CT molecular complexity index is 1650. The summed E-state index contributed by atoms with van der Waals surface area (Å²) in [7, 11) is 0. The molecule has 4 aromatic rings. The Morgan fingerprint density at radius 2 is 1.80 bits per heavy atom. The number of alkyl halides is 3. The number of isocyanates is 1. The van der Waals surface area contributed by atoms with Gasteiger partial charge in [0.1, 0.15) is 5.75 Å². The standard InChI is InChI=1S/C35H33F3N4O4/c36-35(37,38)46-27-12-6-10-25(18-27)20-40-22-32(44)31(19-24-8-2-1-3-9-24)42-17-15-29(33(42)26-11-7-16-39-21-26)28-13-4-5-14-30(28)34(45)41-23-43/h1-14,16,18,21,29,31-33,40,44H,15,17,19-20,22H2/t29?,31-,32+,33?/m0/s1. The first-order valence-corrected chi connectivity index (χ1v) is 14.9. The number of aliphatic hydroxyl groups is 1. The third-order valence-electron chi connectivity index (χ3n) is 8.17. The van der Waals surface area contributed by atoms with Gasteiger partial charge in [0.25, 0.3) is 5.91 Å². The molecule has 1 aliphatic rings. The molecule has 46 heavy (non-hydrogen) atoms. The average molecular weight is 631 g/mol. The molecule has 5 rings (SSSR count). The van der Waals surface area contributed by atoms with Crippen LogP contribution in [0.5, 0.6) is 5.75 Å². The highest BCUT2D eigenvalue weighted by Gasteiger charge is 2.43. The van der Waals surface area contributed by atoms with Crippen LogP contribution in [0, 0.1) is 0 Å².